The molecule has 1 N–H and O–H groups in total. The lowest BCUT2D eigenvalue weighted by Gasteiger charge is -2.10. The van der Waals surface area contributed by atoms with Gasteiger partial charge in [0.05, 0.1) is 0 Å². The number of halogens is 1. The van der Waals surface area contributed by atoms with E-state index in [4.69, 9.17) is 0 Å². The number of fused-ring (bicyclic) bond motifs is 1. The van der Waals surface area contributed by atoms with Gasteiger partial charge < -0.3 is 5.32 Å². The first-order chi connectivity index (χ1) is 9.34. The van der Waals surface area contributed by atoms with E-state index in [1.54, 1.807) is 18.3 Å². The number of hydrogen-bond donors (Lipinski definition) is 1. The summed E-state index contributed by atoms with van der Waals surface area (Å²) in [5.74, 6) is -0.187. The molecule has 0 aliphatic carbocycles. The predicted molar refractivity (Wildman–Crippen MR) is 75.5 cm³/mol. The van der Waals surface area contributed by atoms with Crippen molar-refractivity contribution >= 4 is 16.5 Å². The van der Waals surface area contributed by atoms with Crippen LogP contribution in [0.2, 0.25) is 0 Å². The van der Waals surface area contributed by atoms with Crippen LogP contribution in [-0.2, 0) is 6.54 Å². The molecule has 2 aromatic carbocycles. The molecule has 94 valence electrons. The number of aromatic nitrogens is 1. The van der Waals surface area contributed by atoms with Crippen LogP contribution in [0.25, 0.3) is 10.8 Å². The molecule has 3 rings (SSSR count). The van der Waals surface area contributed by atoms with Gasteiger partial charge >= 0.3 is 0 Å². The predicted octanol–water partition coefficient (Wildman–Crippen LogP) is 3.99. The highest BCUT2D eigenvalue weighted by molar-refractivity contribution is 5.93. The summed E-state index contributed by atoms with van der Waals surface area (Å²) < 4.78 is 13.6. The van der Waals surface area contributed by atoms with E-state index in [9.17, 15) is 4.39 Å². The topological polar surface area (TPSA) is 24.9 Å². The zero-order valence-electron chi connectivity index (χ0n) is 10.3. The van der Waals surface area contributed by atoms with Crippen molar-refractivity contribution in [3.05, 3.63) is 72.3 Å². The SMILES string of the molecule is Fc1ccccc1CNc1cccc2ccncc12. The Labute approximate surface area is 110 Å². The number of hydrogen-bond acceptors (Lipinski definition) is 2. The van der Waals surface area contributed by atoms with Crippen LogP contribution in [0.3, 0.4) is 0 Å². The first-order valence-electron chi connectivity index (χ1n) is 6.14. The smallest absolute Gasteiger partial charge is 0.128 e. The number of anilines is 1. The Kier molecular flexibility index (Phi) is 3.11. The molecule has 0 fully saturated rings. The van der Waals surface area contributed by atoms with E-state index in [-0.39, 0.29) is 5.82 Å². The summed E-state index contributed by atoms with van der Waals surface area (Å²) in [5, 5.41) is 5.43. The lowest BCUT2D eigenvalue weighted by molar-refractivity contribution is 0.613. The van der Waals surface area contributed by atoms with E-state index in [0.717, 1.165) is 16.5 Å². The van der Waals surface area contributed by atoms with Crippen LogP contribution < -0.4 is 5.32 Å². The minimum Gasteiger partial charge on any atom is -0.380 e. The van der Waals surface area contributed by atoms with Crippen LogP contribution in [0.4, 0.5) is 10.1 Å². The quantitative estimate of drug-likeness (QED) is 0.762. The third-order valence-corrected chi connectivity index (χ3v) is 3.11. The van der Waals surface area contributed by atoms with E-state index in [0.29, 0.717) is 12.1 Å². The molecule has 1 aromatic heterocycles. The summed E-state index contributed by atoms with van der Waals surface area (Å²) in [7, 11) is 0. The maximum Gasteiger partial charge on any atom is 0.128 e. The summed E-state index contributed by atoms with van der Waals surface area (Å²) in [6.07, 6.45) is 3.59. The van der Waals surface area contributed by atoms with E-state index >= 15 is 0 Å². The molecule has 3 heteroatoms. The fraction of sp³-hybridized carbons (Fsp3) is 0.0625. The molecule has 0 spiro atoms. The van der Waals surface area contributed by atoms with Crippen molar-refractivity contribution < 1.29 is 4.39 Å². The number of nitrogens with zero attached hydrogens (tertiary/aromatic N) is 1. The van der Waals surface area contributed by atoms with Crippen molar-refractivity contribution in [2.75, 3.05) is 5.32 Å². The molecule has 0 aliphatic rings. The summed E-state index contributed by atoms with van der Waals surface area (Å²) >= 11 is 0. The monoisotopic (exact) mass is 252 g/mol. The lowest BCUT2D eigenvalue weighted by Crippen LogP contribution is -2.02. The zero-order chi connectivity index (χ0) is 13.1. The number of benzene rings is 2. The van der Waals surface area contributed by atoms with Gasteiger partial charge in [0.15, 0.2) is 0 Å². The lowest BCUT2D eigenvalue weighted by atomic mass is 10.1. The minimum atomic E-state index is -0.187. The Bertz CT molecular complexity index is 704. The molecule has 0 amide bonds. The van der Waals surface area contributed by atoms with Crippen LogP contribution >= 0.6 is 0 Å². The van der Waals surface area contributed by atoms with Crippen molar-refractivity contribution in [2.24, 2.45) is 0 Å². The zero-order valence-corrected chi connectivity index (χ0v) is 10.3. The van der Waals surface area contributed by atoms with Gasteiger partial charge in [-0.15, -0.1) is 0 Å². The first-order valence-corrected chi connectivity index (χ1v) is 6.14. The molecular formula is C16H13FN2. The van der Waals surface area contributed by atoms with Crippen molar-refractivity contribution in [1.29, 1.82) is 0 Å². The van der Waals surface area contributed by atoms with Crippen LogP contribution in [0.5, 0.6) is 0 Å². The van der Waals surface area contributed by atoms with Crippen LogP contribution in [-0.4, -0.2) is 4.98 Å². The molecule has 0 bridgehead atoms. The van der Waals surface area contributed by atoms with Crippen molar-refractivity contribution in [3.63, 3.8) is 0 Å². The molecule has 0 saturated carbocycles. The van der Waals surface area contributed by atoms with E-state index in [2.05, 4.69) is 10.3 Å². The second kappa shape index (κ2) is 5.06. The second-order valence-corrected chi connectivity index (χ2v) is 4.35. The van der Waals surface area contributed by atoms with Crippen LogP contribution in [0.15, 0.2) is 60.9 Å². The van der Waals surface area contributed by atoms with Gasteiger partial charge in [-0.25, -0.2) is 4.39 Å². The molecule has 0 aliphatic heterocycles. The average Bonchev–Trinajstić information content (AvgIpc) is 2.46. The van der Waals surface area contributed by atoms with Gasteiger partial charge in [0.25, 0.3) is 0 Å². The molecule has 1 heterocycles. The molecule has 19 heavy (non-hydrogen) atoms. The Morgan fingerprint density at radius 2 is 1.89 bits per heavy atom. The molecule has 0 radical (unpaired) electrons. The van der Waals surface area contributed by atoms with Gasteiger partial charge in [0, 0.05) is 35.6 Å². The summed E-state index contributed by atoms with van der Waals surface area (Å²) in [6.45, 7) is 0.459. The van der Waals surface area contributed by atoms with Crippen LogP contribution in [0.1, 0.15) is 5.56 Å². The van der Waals surface area contributed by atoms with Gasteiger partial charge in [0.1, 0.15) is 5.82 Å². The fourth-order valence-electron chi connectivity index (χ4n) is 2.10. The largest absolute Gasteiger partial charge is 0.380 e. The Hall–Kier alpha value is -2.42. The maximum absolute atomic E-state index is 13.6. The molecular weight excluding hydrogens is 239 g/mol. The third-order valence-electron chi connectivity index (χ3n) is 3.11. The molecule has 2 nitrogen and oxygen atoms in total. The highest BCUT2D eigenvalue weighted by Gasteiger charge is 2.03. The van der Waals surface area contributed by atoms with Gasteiger partial charge in [-0.1, -0.05) is 30.3 Å². The number of nitrogens with one attached hydrogen (secondary N) is 1. The van der Waals surface area contributed by atoms with E-state index in [1.165, 1.54) is 6.07 Å². The average molecular weight is 252 g/mol. The van der Waals surface area contributed by atoms with Gasteiger partial charge in [0.2, 0.25) is 0 Å². The maximum atomic E-state index is 13.6. The molecule has 0 saturated heterocycles. The first kappa shape index (κ1) is 11.7. The van der Waals surface area contributed by atoms with Crippen LogP contribution in [0, 0.1) is 5.82 Å². The van der Waals surface area contributed by atoms with Crippen molar-refractivity contribution in [1.82, 2.24) is 4.98 Å². The number of rotatable bonds is 3. The molecule has 0 unspecified atom stereocenters. The Morgan fingerprint density at radius 3 is 2.79 bits per heavy atom. The van der Waals surface area contributed by atoms with E-state index in [1.807, 2.05) is 36.5 Å². The van der Waals surface area contributed by atoms with Crippen molar-refractivity contribution in [3.8, 4) is 0 Å². The highest BCUT2D eigenvalue weighted by Crippen LogP contribution is 2.22. The second-order valence-electron chi connectivity index (χ2n) is 4.35. The van der Waals surface area contributed by atoms with Gasteiger partial charge in [-0.2, -0.15) is 0 Å². The molecule has 3 aromatic rings. The van der Waals surface area contributed by atoms with Gasteiger partial charge in [-0.3, -0.25) is 4.98 Å². The van der Waals surface area contributed by atoms with Gasteiger partial charge in [-0.05, 0) is 23.6 Å². The molecule has 0 atom stereocenters. The standard InChI is InChI=1S/C16H13FN2/c17-15-6-2-1-4-13(15)10-19-16-7-3-5-12-8-9-18-11-14(12)16/h1-9,11,19H,10H2. The fourth-order valence-corrected chi connectivity index (χ4v) is 2.10. The summed E-state index contributed by atoms with van der Waals surface area (Å²) in [5.41, 5.74) is 1.62. The summed E-state index contributed by atoms with van der Waals surface area (Å²) in [6, 6.07) is 14.7. The Balaban J connectivity index is 1.88. The summed E-state index contributed by atoms with van der Waals surface area (Å²) in [4.78, 5) is 4.13. The highest BCUT2D eigenvalue weighted by atomic mass is 19.1. The third kappa shape index (κ3) is 2.40. The van der Waals surface area contributed by atoms with Crippen molar-refractivity contribution in [2.45, 2.75) is 6.54 Å². The van der Waals surface area contributed by atoms with E-state index < -0.39 is 0 Å². The Morgan fingerprint density at radius 1 is 1.00 bits per heavy atom. The minimum absolute atomic E-state index is 0.187. The number of pyridine rings is 1. The normalized spacial score (nSPS) is 10.6.